The van der Waals surface area contributed by atoms with E-state index in [0.29, 0.717) is 0 Å². The molecule has 0 radical (unpaired) electrons. The number of allylic oxidation sites excluding steroid dienone is 4. The van der Waals surface area contributed by atoms with Gasteiger partial charge in [0.1, 0.15) is 0 Å². The summed E-state index contributed by atoms with van der Waals surface area (Å²) in [7, 11) is 2.00. The molecule has 0 unspecified atom stereocenters. The Bertz CT molecular complexity index is 77.1. The van der Waals surface area contributed by atoms with Crippen LogP contribution < -0.4 is 0 Å². The first-order valence-corrected chi connectivity index (χ1v) is 2.61. The van der Waals surface area contributed by atoms with E-state index < -0.39 is 0 Å². The number of rotatable bonds is 0. The second-order valence-electron chi connectivity index (χ2n) is 1.00. The molecule has 0 spiro atoms. The number of aliphatic hydroxyl groups excluding tert-OH is 2. The van der Waals surface area contributed by atoms with Crippen LogP contribution >= 0.6 is 12.4 Å². The summed E-state index contributed by atoms with van der Waals surface area (Å²) in [6.07, 6.45) is 10.0. The Hall–Kier alpha value is 0.404. The number of hydrogen-bond acceptors (Lipinski definition) is 2. The Kier molecular flexibility index (Phi) is 486. The summed E-state index contributed by atoms with van der Waals surface area (Å²) in [5.74, 6) is 0. The molecule has 0 aromatic rings. The van der Waals surface area contributed by atoms with Gasteiger partial charge in [-0.15, -0.1) is 18.8 Å². The van der Waals surface area contributed by atoms with E-state index >= 15 is 0 Å². The molecule has 0 saturated heterocycles. The fraction of sp³-hybridized carbons (Fsp3) is 0.250. The van der Waals surface area contributed by atoms with Crippen molar-refractivity contribution in [3.05, 3.63) is 61.4 Å². The SMILES string of the molecule is CO.CO.Cl.[C-]1=CC=CC1.[CH3-].[CH3-].[CH3-].[CH3-].[CH3-].[Ti]. The summed E-state index contributed by atoms with van der Waals surface area (Å²) >= 11 is 0. The minimum atomic E-state index is 0. The summed E-state index contributed by atoms with van der Waals surface area (Å²) in [5.41, 5.74) is 0. The average Bonchev–Trinajstić information content (AvgIpc) is 2.51. The predicted octanol–water partition coefficient (Wildman–Crippen LogP) is 3.19. The first kappa shape index (κ1) is 71.0. The third-order valence-electron chi connectivity index (χ3n) is 0.586. The molecule has 0 atom stereocenters. The van der Waals surface area contributed by atoms with E-state index in [-0.39, 0.29) is 71.3 Å². The zero-order chi connectivity index (χ0) is 7.54. The largest absolute Gasteiger partial charge is 0.400 e. The van der Waals surface area contributed by atoms with Crippen LogP contribution in [0.15, 0.2) is 18.2 Å². The third kappa shape index (κ3) is 88.6. The van der Waals surface area contributed by atoms with Gasteiger partial charge < -0.3 is 47.3 Å². The van der Waals surface area contributed by atoms with Gasteiger partial charge in [0.05, 0.1) is 0 Å². The van der Waals surface area contributed by atoms with Crippen LogP contribution in [0.1, 0.15) is 6.42 Å². The van der Waals surface area contributed by atoms with Gasteiger partial charge in [-0.25, -0.2) is 12.2 Å². The van der Waals surface area contributed by atoms with Gasteiger partial charge in [-0.3, -0.25) is 6.08 Å². The molecular formula is C12H29ClO2Ti-6. The summed E-state index contributed by atoms with van der Waals surface area (Å²) in [4.78, 5) is 0. The summed E-state index contributed by atoms with van der Waals surface area (Å²) in [6.45, 7) is 0. The van der Waals surface area contributed by atoms with E-state index in [4.69, 9.17) is 10.2 Å². The van der Waals surface area contributed by atoms with Crippen LogP contribution in [-0.2, 0) is 21.7 Å². The molecular weight excluding hydrogens is 259 g/mol. The minimum Gasteiger partial charge on any atom is -0.400 e. The molecule has 0 aromatic carbocycles. The molecule has 0 heterocycles. The van der Waals surface area contributed by atoms with Crippen molar-refractivity contribution in [1.82, 2.24) is 0 Å². The van der Waals surface area contributed by atoms with Crippen molar-refractivity contribution in [2.24, 2.45) is 0 Å². The van der Waals surface area contributed by atoms with Crippen LogP contribution in [0.2, 0.25) is 0 Å². The molecule has 0 saturated carbocycles. The Morgan fingerprint density at radius 1 is 0.875 bits per heavy atom. The Balaban J connectivity index is -0.00000000597. The molecule has 0 amide bonds. The second-order valence-corrected chi connectivity index (χ2v) is 1.00. The topological polar surface area (TPSA) is 40.5 Å². The maximum atomic E-state index is 7.00. The molecule has 16 heavy (non-hydrogen) atoms. The van der Waals surface area contributed by atoms with Crippen molar-refractivity contribution in [3.8, 4) is 0 Å². The van der Waals surface area contributed by atoms with Crippen molar-refractivity contribution in [1.29, 1.82) is 0 Å². The van der Waals surface area contributed by atoms with E-state index in [2.05, 4.69) is 12.2 Å². The molecule has 2 nitrogen and oxygen atoms in total. The molecule has 1 rings (SSSR count). The van der Waals surface area contributed by atoms with Crippen LogP contribution in [0.5, 0.6) is 0 Å². The number of hydrogen-bond donors (Lipinski definition) is 2. The number of halogens is 1. The van der Waals surface area contributed by atoms with Crippen molar-refractivity contribution in [2.45, 2.75) is 6.42 Å². The van der Waals surface area contributed by atoms with Gasteiger partial charge >= 0.3 is 0 Å². The first-order valence-electron chi connectivity index (χ1n) is 2.61. The van der Waals surface area contributed by atoms with Gasteiger partial charge in [0.2, 0.25) is 0 Å². The molecule has 1 aliphatic carbocycles. The van der Waals surface area contributed by atoms with Crippen LogP contribution in [0.3, 0.4) is 0 Å². The molecule has 0 bridgehead atoms. The fourth-order valence-corrected chi connectivity index (χ4v) is 0.340. The van der Waals surface area contributed by atoms with Crippen molar-refractivity contribution in [2.75, 3.05) is 14.2 Å². The quantitative estimate of drug-likeness (QED) is 0.531. The van der Waals surface area contributed by atoms with E-state index in [0.717, 1.165) is 20.6 Å². The summed E-state index contributed by atoms with van der Waals surface area (Å²) < 4.78 is 0. The average molecular weight is 289 g/mol. The van der Waals surface area contributed by atoms with Crippen molar-refractivity contribution in [3.63, 3.8) is 0 Å². The summed E-state index contributed by atoms with van der Waals surface area (Å²) in [6, 6.07) is 0. The van der Waals surface area contributed by atoms with Crippen LogP contribution in [0, 0.1) is 43.2 Å². The van der Waals surface area contributed by atoms with E-state index in [1.807, 2.05) is 12.2 Å². The van der Waals surface area contributed by atoms with Crippen LogP contribution in [0.4, 0.5) is 0 Å². The smallest absolute Gasteiger partial charge is 0.0319 e. The van der Waals surface area contributed by atoms with Crippen LogP contribution in [-0.4, -0.2) is 24.4 Å². The zero-order valence-electron chi connectivity index (χ0n) is 11.7. The molecule has 0 aromatic heterocycles. The molecule has 1 aliphatic rings. The Labute approximate surface area is 126 Å². The molecule has 106 valence electrons. The van der Waals surface area contributed by atoms with Gasteiger partial charge in [-0.05, 0) is 0 Å². The maximum Gasteiger partial charge on any atom is 0.0319 e. The van der Waals surface area contributed by atoms with Crippen molar-refractivity contribution < 1.29 is 31.9 Å². The predicted molar refractivity (Wildman–Crippen MR) is 77.2 cm³/mol. The first-order chi connectivity index (χ1) is 4.50. The normalized spacial score (nSPS) is 6.25. The van der Waals surface area contributed by atoms with Gasteiger partial charge in [0.25, 0.3) is 0 Å². The van der Waals surface area contributed by atoms with Gasteiger partial charge in [-0.1, -0.05) is 0 Å². The van der Waals surface area contributed by atoms with E-state index in [1.54, 1.807) is 0 Å². The third-order valence-corrected chi connectivity index (χ3v) is 0.586. The van der Waals surface area contributed by atoms with E-state index in [1.165, 1.54) is 0 Å². The minimum absolute atomic E-state index is 0. The molecule has 4 heteroatoms. The fourth-order valence-electron chi connectivity index (χ4n) is 0.340. The Morgan fingerprint density at radius 2 is 1.19 bits per heavy atom. The summed E-state index contributed by atoms with van der Waals surface area (Å²) in [5, 5.41) is 14.0. The molecule has 0 aliphatic heterocycles. The zero-order valence-corrected chi connectivity index (χ0v) is 14.1. The second kappa shape index (κ2) is 109. The van der Waals surface area contributed by atoms with Crippen molar-refractivity contribution >= 4 is 12.4 Å². The number of aliphatic hydroxyl groups is 2. The monoisotopic (exact) mass is 288 g/mol. The molecule has 2 N–H and O–H groups in total. The maximum absolute atomic E-state index is 7.00. The van der Waals surface area contributed by atoms with Crippen LogP contribution in [0.25, 0.3) is 0 Å². The van der Waals surface area contributed by atoms with Gasteiger partial charge in [-0.2, -0.15) is 6.08 Å². The Morgan fingerprint density at radius 3 is 1.25 bits per heavy atom. The molecule has 0 fully saturated rings. The van der Waals surface area contributed by atoms with Gasteiger partial charge in [0.15, 0.2) is 0 Å². The van der Waals surface area contributed by atoms with Gasteiger partial charge in [0, 0.05) is 35.9 Å². The standard InChI is InChI=1S/C5H5.2CH4O.5CH3.ClH.Ti/c1-2-4-5-3-1;2*1-2;;;;;;;/h1-3H,4H2;2*2H,1H3;5*1H3;1H;/q-1;;;5*-1;;. The van der Waals surface area contributed by atoms with E-state index in [9.17, 15) is 0 Å².